The van der Waals surface area contributed by atoms with Gasteiger partial charge >= 0.3 is 0 Å². The predicted molar refractivity (Wildman–Crippen MR) is 96.8 cm³/mol. The topological polar surface area (TPSA) is 54.7 Å². The Morgan fingerprint density at radius 1 is 1.24 bits per heavy atom. The molecule has 2 aromatic rings. The van der Waals surface area contributed by atoms with Crippen molar-refractivity contribution in [1.29, 1.82) is 0 Å². The number of aryl methyl sites for hydroxylation is 2. The average Bonchev–Trinajstić information content (AvgIpc) is 3.25. The molecule has 1 atom stereocenters. The zero-order chi connectivity index (χ0) is 17.2. The number of benzene rings is 1. The van der Waals surface area contributed by atoms with Crippen molar-refractivity contribution in [3.63, 3.8) is 0 Å². The predicted octanol–water partition coefficient (Wildman–Crippen LogP) is 2.30. The van der Waals surface area contributed by atoms with Crippen molar-refractivity contribution in [3.8, 4) is 0 Å². The van der Waals surface area contributed by atoms with Crippen LogP contribution in [0.3, 0.4) is 0 Å². The van der Waals surface area contributed by atoms with Crippen LogP contribution in [0.15, 0.2) is 22.8 Å². The molecule has 1 amide bonds. The van der Waals surface area contributed by atoms with Crippen molar-refractivity contribution in [2.24, 2.45) is 0 Å². The Balaban J connectivity index is 1.37. The molecule has 25 heavy (non-hydrogen) atoms. The van der Waals surface area contributed by atoms with Crippen molar-refractivity contribution in [2.45, 2.75) is 38.6 Å². The molecule has 4 rings (SSSR count). The van der Waals surface area contributed by atoms with Crippen molar-refractivity contribution in [2.75, 3.05) is 32.8 Å². The molecule has 1 aromatic carbocycles. The zero-order valence-electron chi connectivity index (χ0n) is 14.8. The van der Waals surface area contributed by atoms with E-state index in [1.54, 1.807) is 6.26 Å². The van der Waals surface area contributed by atoms with Crippen molar-refractivity contribution in [3.05, 3.63) is 35.1 Å². The molecule has 5 nitrogen and oxygen atoms in total. The second-order valence-corrected chi connectivity index (χ2v) is 7.21. The van der Waals surface area contributed by atoms with Gasteiger partial charge in [-0.1, -0.05) is 0 Å². The lowest BCUT2D eigenvalue weighted by Crippen LogP contribution is -2.47. The molecule has 1 fully saturated rings. The van der Waals surface area contributed by atoms with Crippen LogP contribution in [0.5, 0.6) is 0 Å². The van der Waals surface area contributed by atoms with Crippen LogP contribution in [0.25, 0.3) is 11.0 Å². The lowest BCUT2D eigenvalue weighted by atomic mass is 10.0. The molecule has 1 N–H and O–H groups in total. The van der Waals surface area contributed by atoms with Crippen LogP contribution < -0.4 is 5.32 Å². The summed E-state index contributed by atoms with van der Waals surface area (Å²) < 4.78 is 11.1. The van der Waals surface area contributed by atoms with Gasteiger partial charge in [0.05, 0.1) is 25.9 Å². The second-order valence-electron chi connectivity index (χ2n) is 7.21. The van der Waals surface area contributed by atoms with E-state index in [1.807, 2.05) is 0 Å². The van der Waals surface area contributed by atoms with Crippen LogP contribution in [-0.2, 0) is 28.8 Å². The Labute approximate surface area is 148 Å². The van der Waals surface area contributed by atoms with Crippen LogP contribution >= 0.6 is 0 Å². The van der Waals surface area contributed by atoms with E-state index >= 15 is 0 Å². The number of morpholine rings is 1. The number of fused-ring (bicyclic) bond motifs is 2. The van der Waals surface area contributed by atoms with Gasteiger partial charge in [-0.2, -0.15) is 0 Å². The van der Waals surface area contributed by atoms with Gasteiger partial charge in [0.2, 0.25) is 5.91 Å². The Morgan fingerprint density at radius 3 is 2.80 bits per heavy atom. The fourth-order valence-electron chi connectivity index (χ4n) is 3.93. The van der Waals surface area contributed by atoms with Crippen LogP contribution in [-0.4, -0.2) is 49.7 Å². The first-order chi connectivity index (χ1) is 12.2. The first-order valence-corrected chi connectivity index (χ1v) is 9.31. The summed E-state index contributed by atoms with van der Waals surface area (Å²) in [7, 11) is 0. The van der Waals surface area contributed by atoms with Gasteiger partial charge < -0.3 is 14.5 Å². The molecule has 2 aliphatic rings. The first kappa shape index (κ1) is 16.6. The smallest absolute Gasteiger partial charge is 0.224 e. The van der Waals surface area contributed by atoms with Gasteiger partial charge in [-0.15, -0.1) is 0 Å². The van der Waals surface area contributed by atoms with E-state index in [-0.39, 0.29) is 5.91 Å². The molecule has 0 spiro atoms. The molecular weight excluding hydrogens is 316 g/mol. The molecule has 1 saturated heterocycles. The van der Waals surface area contributed by atoms with Gasteiger partial charge in [0.15, 0.2) is 0 Å². The lowest BCUT2D eigenvalue weighted by molar-refractivity contribution is -0.120. The summed E-state index contributed by atoms with van der Waals surface area (Å²) in [6.45, 7) is 6.27. The van der Waals surface area contributed by atoms with E-state index in [9.17, 15) is 4.79 Å². The van der Waals surface area contributed by atoms with Gasteiger partial charge in [0.1, 0.15) is 5.58 Å². The average molecular weight is 342 g/mol. The minimum absolute atomic E-state index is 0.0586. The quantitative estimate of drug-likeness (QED) is 0.906. The summed E-state index contributed by atoms with van der Waals surface area (Å²) in [6, 6.07) is 4.71. The maximum absolute atomic E-state index is 12.4. The van der Waals surface area contributed by atoms with Crippen LogP contribution in [0.4, 0.5) is 0 Å². The second kappa shape index (κ2) is 7.18. The molecular formula is C20H26N2O3. The van der Waals surface area contributed by atoms with E-state index in [1.165, 1.54) is 17.5 Å². The fourth-order valence-corrected chi connectivity index (χ4v) is 3.93. The third kappa shape index (κ3) is 3.58. The third-order valence-electron chi connectivity index (χ3n) is 5.48. The maximum Gasteiger partial charge on any atom is 0.224 e. The van der Waals surface area contributed by atoms with E-state index in [2.05, 4.69) is 29.3 Å². The van der Waals surface area contributed by atoms with E-state index in [4.69, 9.17) is 9.15 Å². The van der Waals surface area contributed by atoms with Crippen LogP contribution in [0, 0.1) is 0 Å². The summed E-state index contributed by atoms with van der Waals surface area (Å²) in [5, 5.41) is 4.17. The number of hydrogen-bond donors (Lipinski definition) is 1. The number of carbonyl (C=O) groups excluding carboxylic acids is 1. The molecule has 5 heteroatoms. The first-order valence-electron chi connectivity index (χ1n) is 9.31. The summed E-state index contributed by atoms with van der Waals surface area (Å²) >= 11 is 0. The normalized spacial score (nSPS) is 19.1. The highest BCUT2D eigenvalue weighted by Crippen LogP contribution is 2.30. The number of ether oxygens (including phenoxy) is 1. The van der Waals surface area contributed by atoms with Crippen molar-refractivity contribution in [1.82, 2.24) is 10.2 Å². The number of hydrogen-bond acceptors (Lipinski definition) is 4. The zero-order valence-corrected chi connectivity index (χ0v) is 14.8. The van der Waals surface area contributed by atoms with Gasteiger partial charge in [0, 0.05) is 36.6 Å². The molecule has 0 radical (unpaired) electrons. The molecule has 1 aliphatic heterocycles. The highest BCUT2D eigenvalue weighted by molar-refractivity contribution is 5.88. The summed E-state index contributed by atoms with van der Waals surface area (Å²) in [5.41, 5.74) is 4.71. The highest BCUT2D eigenvalue weighted by atomic mass is 16.5. The Hall–Kier alpha value is -1.85. The van der Waals surface area contributed by atoms with Crippen molar-refractivity contribution >= 4 is 16.9 Å². The van der Waals surface area contributed by atoms with Gasteiger partial charge in [-0.25, -0.2) is 0 Å². The van der Waals surface area contributed by atoms with Gasteiger partial charge in [-0.3, -0.25) is 9.69 Å². The molecule has 1 aliphatic carbocycles. The number of rotatable bonds is 5. The monoisotopic (exact) mass is 342 g/mol. The fraction of sp³-hybridized carbons (Fsp3) is 0.550. The molecule has 134 valence electrons. The molecule has 1 unspecified atom stereocenters. The minimum atomic E-state index is 0.0586. The number of furan rings is 1. The highest BCUT2D eigenvalue weighted by Gasteiger charge is 2.19. The maximum atomic E-state index is 12.4. The van der Waals surface area contributed by atoms with Crippen molar-refractivity contribution < 1.29 is 13.9 Å². The molecule has 0 bridgehead atoms. The van der Waals surface area contributed by atoms with Gasteiger partial charge in [0.25, 0.3) is 0 Å². The van der Waals surface area contributed by atoms with Crippen LogP contribution in [0.1, 0.15) is 30.0 Å². The lowest BCUT2D eigenvalue weighted by Gasteiger charge is -2.32. The summed E-state index contributed by atoms with van der Waals surface area (Å²) in [4.78, 5) is 14.7. The number of nitrogens with zero attached hydrogens (tertiary/aromatic N) is 1. The number of nitrogens with one attached hydrogen (secondary N) is 1. The minimum Gasteiger partial charge on any atom is -0.464 e. The molecule has 0 saturated carbocycles. The van der Waals surface area contributed by atoms with E-state index < -0.39 is 0 Å². The number of amides is 1. The van der Waals surface area contributed by atoms with E-state index in [0.29, 0.717) is 19.0 Å². The standard InChI is InChI=1S/C20H26N2O3/c1-14(22-5-7-24-8-6-22)12-21-20(23)11-17-13-25-19-10-16-4-2-3-15(16)9-18(17)19/h9-10,13-14H,2-8,11-12H2,1H3,(H,21,23). The number of carbonyl (C=O) groups is 1. The Morgan fingerprint density at radius 2 is 2.00 bits per heavy atom. The third-order valence-corrected chi connectivity index (χ3v) is 5.48. The van der Waals surface area contributed by atoms with E-state index in [0.717, 1.165) is 55.7 Å². The van der Waals surface area contributed by atoms with Gasteiger partial charge in [-0.05, 0) is 49.4 Å². The Kier molecular flexibility index (Phi) is 4.77. The van der Waals surface area contributed by atoms with Crippen LogP contribution in [0.2, 0.25) is 0 Å². The molecule has 1 aromatic heterocycles. The largest absolute Gasteiger partial charge is 0.464 e. The Bertz CT molecular complexity index is 762. The molecule has 2 heterocycles. The SMILES string of the molecule is CC(CNC(=O)Cc1coc2cc3c(cc12)CCC3)N1CCOCC1. The summed E-state index contributed by atoms with van der Waals surface area (Å²) in [6.07, 6.45) is 5.62. The summed E-state index contributed by atoms with van der Waals surface area (Å²) in [5.74, 6) is 0.0586.